The maximum absolute atomic E-state index is 5.89. The van der Waals surface area contributed by atoms with Crippen LogP contribution in [0, 0.1) is 0 Å². The average molecular weight is 275 g/mol. The van der Waals surface area contributed by atoms with E-state index in [1.807, 2.05) is 12.1 Å². The summed E-state index contributed by atoms with van der Waals surface area (Å²) in [5.41, 5.74) is 8.91. The monoisotopic (exact) mass is 275 g/mol. The summed E-state index contributed by atoms with van der Waals surface area (Å²) in [6.07, 6.45) is 2.54. The first-order chi connectivity index (χ1) is 9.70. The van der Waals surface area contributed by atoms with Crippen molar-refractivity contribution in [2.45, 2.75) is 25.8 Å². The normalized spacial score (nSPS) is 19.8. The van der Waals surface area contributed by atoms with Gasteiger partial charge in [-0.2, -0.15) is 0 Å². The SMILES string of the molecule is CCN1CCCC1CN(C)c1ccc(N)c2nonc12. The van der Waals surface area contributed by atoms with Gasteiger partial charge in [-0.15, -0.1) is 0 Å². The van der Waals surface area contributed by atoms with E-state index in [-0.39, 0.29) is 0 Å². The number of benzene rings is 1. The van der Waals surface area contributed by atoms with Crippen LogP contribution in [0.15, 0.2) is 16.8 Å². The lowest BCUT2D eigenvalue weighted by Crippen LogP contribution is -2.38. The summed E-state index contributed by atoms with van der Waals surface area (Å²) in [7, 11) is 2.09. The highest BCUT2D eigenvalue weighted by Crippen LogP contribution is 2.28. The molecule has 1 saturated heterocycles. The first-order valence-electron chi connectivity index (χ1n) is 7.16. The fraction of sp³-hybridized carbons (Fsp3) is 0.571. The molecule has 2 heterocycles. The lowest BCUT2D eigenvalue weighted by molar-refractivity contribution is 0.270. The number of nitrogens with two attached hydrogens (primary N) is 1. The van der Waals surface area contributed by atoms with Gasteiger partial charge in [-0.25, -0.2) is 4.63 Å². The summed E-state index contributed by atoms with van der Waals surface area (Å²) >= 11 is 0. The number of fused-ring (bicyclic) bond motifs is 1. The number of nitrogen functional groups attached to an aromatic ring is 1. The highest BCUT2D eigenvalue weighted by Gasteiger charge is 2.25. The molecule has 108 valence electrons. The van der Waals surface area contributed by atoms with Gasteiger partial charge < -0.3 is 10.6 Å². The second kappa shape index (κ2) is 5.28. The van der Waals surface area contributed by atoms with Crippen molar-refractivity contribution in [3.8, 4) is 0 Å². The van der Waals surface area contributed by atoms with Gasteiger partial charge in [0.2, 0.25) is 0 Å². The third-order valence-corrected chi connectivity index (χ3v) is 4.23. The first-order valence-corrected chi connectivity index (χ1v) is 7.16. The van der Waals surface area contributed by atoms with Gasteiger partial charge in [-0.3, -0.25) is 4.90 Å². The zero-order valence-electron chi connectivity index (χ0n) is 12.0. The van der Waals surface area contributed by atoms with Crippen molar-refractivity contribution in [1.82, 2.24) is 15.2 Å². The molecule has 20 heavy (non-hydrogen) atoms. The third kappa shape index (κ3) is 2.20. The molecule has 3 rings (SSSR count). The van der Waals surface area contributed by atoms with E-state index in [0.29, 0.717) is 17.2 Å². The van der Waals surface area contributed by atoms with Gasteiger partial charge in [0, 0.05) is 19.6 Å². The quantitative estimate of drug-likeness (QED) is 0.857. The molecule has 2 N–H and O–H groups in total. The van der Waals surface area contributed by atoms with Crippen molar-refractivity contribution in [3.05, 3.63) is 12.1 Å². The summed E-state index contributed by atoms with van der Waals surface area (Å²) in [6, 6.07) is 4.47. The van der Waals surface area contributed by atoms with Crippen LogP contribution in [-0.2, 0) is 0 Å². The van der Waals surface area contributed by atoms with E-state index in [2.05, 4.69) is 34.1 Å². The van der Waals surface area contributed by atoms with Gasteiger partial charge in [-0.1, -0.05) is 6.92 Å². The van der Waals surface area contributed by atoms with E-state index in [1.165, 1.54) is 19.4 Å². The molecule has 1 unspecified atom stereocenters. The predicted octanol–water partition coefficient (Wildman–Crippen LogP) is 1.73. The van der Waals surface area contributed by atoms with Gasteiger partial charge in [0.05, 0.1) is 11.4 Å². The van der Waals surface area contributed by atoms with Gasteiger partial charge in [0.25, 0.3) is 0 Å². The van der Waals surface area contributed by atoms with Crippen LogP contribution in [0.2, 0.25) is 0 Å². The Labute approximate surface area is 118 Å². The Morgan fingerprint density at radius 1 is 1.40 bits per heavy atom. The molecule has 1 aliphatic heterocycles. The summed E-state index contributed by atoms with van der Waals surface area (Å²) in [6.45, 7) is 5.53. The molecular weight excluding hydrogens is 254 g/mol. The number of likely N-dealkylation sites (N-methyl/N-ethyl adjacent to an activating group) is 2. The van der Waals surface area contributed by atoms with E-state index >= 15 is 0 Å². The molecule has 2 aromatic rings. The first kappa shape index (κ1) is 13.2. The lowest BCUT2D eigenvalue weighted by atomic mass is 10.1. The van der Waals surface area contributed by atoms with Gasteiger partial charge in [0.15, 0.2) is 11.0 Å². The molecule has 0 saturated carbocycles. The molecule has 6 heteroatoms. The molecule has 1 fully saturated rings. The molecule has 1 atom stereocenters. The van der Waals surface area contributed by atoms with Crippen LogP contribution in [0.4, 0.5) is 11.4 Å². The van der Waals surface area contributed by atoms with Gasteiger partial charge in [0.1, 0.15) is 0 Å². The van der Waals surface area contributed by atoms with Crippen molar-refractivity contribution < 1.29 is 4.63 Å². The molecule has 0 amide bonds. The number of hydrogen-bond acceptors (Lipinski definition) is 6. The largest absolute Gasteiger partial charge is 0.397 e. The Morgan fingerprint density at radius 3 is 3.00 bits per heavy atom. The Bertz CT molecular complexity index is 596. The molecule has 1 aromatic heterocycles. The molecule has 1 aliphatic rings. The van der Waals surface area contributed by atoms with E-state index in [1.54, 1.807) is 0 Å². The van der Waals surface area contributed by atoms with Crippen molar-refractivity contribution in [1.29, 1.82) is 0 Å². The Balaban J connectivity index is 1.84. The Hall–Kier alpha value is -1.82. The van der Waals surface area contributed by atoms with Crippen molar-refractivity contribution in [3.63, 3.8) is 0 Å². The van der Waals surface area contributed by atoms with Crippen LogP contribution in [0.25, 0.3) is 11.0 Å². The second-order valence-corrected chi connectivity index (χ2v) is 5.44. The highest BCUT2D eigenvalue weighted by molar-refractivity contribution is 5.95. The summed E-state index contributed by atoms with van der Waals surface area (Å²) in [5.74, 6) is 0. The van der Waals surface area contributed by atoms with Crippen LogP contribution < -0.4 is 10.6 Å². The van der Waals surface area contributed by atoms with Crippen LogP contribution >= 0.6 is 0 Å². The zero-order valence-corrected chi connectivity index (χ0v) is 12.0. The molecule has 6 nitrogen and oxygen atoms in total. The van der Waals surface area contributed by atoms with E-state index in [4.69, 9.17) is 10.4 Å². The van der Waals surface area contributed by atoms with Crippen molar-refractivity contribution in [2.24, 2.45) is 0 Å². The second-order valence-electron chi connectivity index (χ2n) is 5.44. The van der Waals surface area contributed by atoms with Gasteiger partial charge >= 0.3 is 0 Å². The Morgan fingerprint density at radius 2 is 2.20 bits per heavy atom. The van der Waals surface area contributed by atoms with Crippen molar-refractivity contribution >= 4 is 22.4 Å². The minimum Gasteiger partial charge on any atom is -0.397 e. The number of anilines is 2. The summed E-state index contributed by atoms with van der Waals surface area (Å²) in [4.78, 5) is 4.76. The summed E-state index contributed by atoms with van der Waals surface area (Å²) < 4.78 is 4.83. The fourth-order valence-electron chi connectivity index (χ4n) is 3.11. The fourth-order valence-corrected chi connectivity index (χ4v) is 3.11. The third-order valence-electron chi connectivity index (χ3n) is 4.23. The van der Waals surface area contributed by atoms with E-state index in [9.17, 15) is 0 Å². The summed E-state index contributed by atoms with van der Waals surface area (Å²) in [5, 5.41) is 7.87. The lowest BCUT2D eigenvalue weighted by Gasteiger charge is -2.29. The number of nitrogens with zero attached hydrogens (tertiary/aromatic N) is 4. The van der Waals surface area contributed by atoms with Crippen LogP contribution in [0.3, 0.4) is 0 Å². The average Bonchev–Trinajstić information content (AvgIpc) is 3.07. The topological polar surface area (TPSA) is 71.4 Å². The maximum Gasteiger partial charge on any atom is 0.160 e. The van der Waals surface area contributed by atoms with Crippen molar-refractivity contribution in [2.75, 3.05) is 37.3 Å². The molecule has 0 bridgehead atoms. The predicted molar refractivity (Wildman–Crippen MR) is 79.8 cm³/mol. The highest BCUT2D eigenvalue weighted by atomic mass is 16.6. The smallest absolute Gasteiger partial charge is 0.160 e. The molecule has 0 spiro atoms. The minimum absolute atomic E-state index is 0.606. The standard InChI is InChI=1S/C14H21N5O/c1-3-19-8-4-5-10(19)9-18(2)12-7-6-11(15)13-14(12)17-20-16-13/h6-7,10H,3-5,8-9,15H2,1-2H3. The Kier molecular flexibility index (Phi) is 3.48. The molecule has 0 radical (unpaired) electrons. The number of hydrogen-bond donors (Lipinski definition) is 1. The van der Waals surface area contributed by atoms with Gasteiger partial charge in [-0.05, 0) is 48.4 Å². The number of likely N-dealkylation sites (tertiary alicyclic amines) is 1. The van der Waals surface area contributed by atoms with Crippen LogP contribution in [-0.4, -0.2) is 47.9 Å². The maximum atomic E-state index is 5.89. The minimum atomic E-state index is 0.606. The number of aromatic nitrogens is 2. The zero-order chi connectivity index (χ0) is 14.1. The van der Waals surface area contributed by atoms with E-state index in [0.717, 1.165) is 24.3 Å². The molecular formula is C14H21N5O. The van der Waals surface area contributed by atoms with Crippen LogP contribution in [0.5, 0.6) is 0 Å². The van der Waals surface area contributed by atoms with E-state index < -0.39 is 0 Å². The molecule has 0 aliphatic carbocycles. The molecule has 1 aromatic carbocycles. The number of rotatable bonds is 4. The van der Waals surface area contributed by atoms with Crippen LogP contribution in [0.1, 0.15) is 19.8 Å².